The molecular formula is C12H18F3N3. The summed E-state index contributed by atoms with van der Waals surface area (Å²) in [6.45, 7) is 4.00. The first kappa shape index (κ1) is 14.6. The SMILES string of the molecule is CCCC(CC)Nc1cc(C(F)(F)F)cc(N)n1. The lowest BCUT2D eigenvalue weighted by atomic mass is 10.1. The van der Waals surface area contributed by atoms with Crippen molar-refractivity contribution in [2.45, 2.75) is 45.3 Å². The minimum Gasteiger partial charge on any atom is -0.384 e. The number of nitrogens with two attached hydrogens (primary N) is 1. The summed E-state index contributed by atoms with van der Waals surface area (Å²) in [5.41, 5.74) is 4.62. The van der Waals surface area contributed by atoms with Crippen molar-refractivity contribution in [3.05, 3.63) is 17.7 Å². The maximum Gasteiger partial charge on any atom is 0.416 e. The molecule has 0 bridgehead atoms. The second-order valence-electron chi connectivity index (χ2n) is 4.20. The van der Waals surface area contributed by atoms with Gasteiger partial charge in [0.05, 0.1) is 5.56 Å². The lowest BCUT2D eigenvalue weighted by Gasteiger charge is -2.18. The second-order valence-corrected chi connectivity index (χ2v) is 4.20. The number of nitrogens with zero attached hydrogens (tertiary/aromatic N) is 1. The third kappa shape index (κ3) is 4.09. The first-order valence-corrected chi connectivity index (χ1v) is 5.98. The van der Waals surface area contributed by atoms with Crippen molar-refractivity contribution in [1.82, 2.24) is 4.98 Å². The van der Waals surface area contributed by atoms with Crippen LogP contribution in [-0.4, -0.2) is 11.0 Å². The predicted molar refractivity (Wildman–Crippen MR) is 66.3 cm³/mol. The van der Waals surface area contributed by atoms with Crippen molar-refractivity contribution in [3.63, 3.8) is 0 Å². The molecule has 1 unspecified atom stereocenters. The molecular weight excluding hydrogens is 243 g/mol. The van der Waals surface area contributed by atoms with Crippen molar-refractivity contribution in [2.24, 2.45) is 0 Å². The fourth-order valence-electron chi connectivity index (χ4n) is 1.73. The molecule has 0 aliphatic heterocycles. The molecule has 1 rings (SSSR count). The predicted octanol–water partition coefficient (Wildman–Crippen LogP) is 3.67. The van der Waals surface area contributed by atoms with E-state index in [1.54, 1.807) is 0 Å². The van der Waals surface area contributed by atoms with Crippen LogP contribution in [0, 0.1) is 0 Å². The number of rotatable bonds is 5. The van der Waals surface area contributed by atoms with Gasteiger partial charge in [0, 0.05) is 6.04 Å². The van der Waals surface area contributed by atoms with Crippen LogP contribution in [0.5, 0.6) is 0 Å². The Morgan fingerprint density at radius 1 is 1.33 bits per heavy atom. The van der Waals surface area contributed by atoms with Crippen LogP contribution in [0.1, 0.15) is 38.7 Å². The van der Waals surface area contributed by atoms with Crippen LogP contribution in [0.4, 0.5) is 24.8 Å². The van der Waals surface area contributed by atoms with Crippen molar-refractivity contribution >= 4 is 11.6 Å². The molecule has 1 heterocycles. The Labute approximate surface area is 105 Å². The van der Waals surface area contributed by atoms with E-state index in [2.05, 4.69) is 10.3 Å². The van der Waals surface area contributed by atoms with Gasteiger partial charge >= 0.3 is 6.18 Å². The average Bonchev–Trinajstić information content (AvgIpc) is 2.26. The fraction of sp³-hybridized carbons (Fsp3) is 0.583. The van der Waals surface area contributed by atoms with E-state index >= 15 is 0 Å². The summed E-state index contributed by atoms with van der Waals surface area (Å²) in [6, 6.07) is 1.95. The summed E-state index contributed by atoms with van der Waals surface area (Å²) < 4.78 is 37.8. The molecule has 3 nitrogen and oxygen atoms in total. The maximum absolute atomic E-state index is 12.6. The van der Waals surface area contributed by atoms with Gasteiger partial charge in [0.2, 0.25) is 0 Å². The number of pyridine rings is 1. The van der Waals surface area contributed by atoms with Gasteiger partial charge in [-0.25, -0.2) is 4.98 Å². The Bertz CT molecular complexity index is 391. The van der Waals surface area contributed by atoms with Crippen LogP contribution in [0.2, 0.25) is 0 Å². The normalized spacial score (nSPS) is 13.4. The van der Waals surface area contributed by atoms with Crippen LogP contribution in [0.25, 0.3) is 0 Å². The highest BCUT2D eigenvalue weighted by Crippen LogP contribution is 2.31. The molecule has 3 N–H and O–H groups in total. The number of alkyl halides is 3. The Hall–Kier alpha value is -1.46. The zero-order valence-electron chi connectivity index (χ0n) is 10.5. The molecule has 0 aromatic carbocycles. The van der Waals surface area contributed by atoms with Gasteiger partial charge in [-0.1, -0.05) is 20.3 Å². The number of aromatic nitrogens is 1. The van der Waals surface area contributed by atoms with E-state index in [9.17, 15) is 13.2 Å². The number of anilines is 2. The van der Waals surface area contributed by atoms with E-state index in [0.717, 1.165) is 31.4 Å². The molecule has 0 saturated heterocycles. The summed E-state index contributed by atoms with van der Waals surface area (Å²) in [5.74, 6) is 0.0568. The molecule has 102 valence electrons. The molecule has 1 aromatic heterocycles. The van der Waals surface area contributed by atoms with Gasteiger partial charge in [-0.05, 0) is 25.0 Å². The quantitative estimate of drug-likeness (QED) is 0.850. The van der Waals surface area contributed by atoms with Gasteiger partial charge in [-0.3, -0.25) is 0 Å². The van der Waals surface area contributed by atoms with Gasteiger partial charge in [0.1, 0.15) is 11.6 Å². The van der Waals surface area contributed by atoms with Gasteiger partial charge in [0.25, 0.3) is 0 Å². The molecule has 0 aliphatic rings. The highest BCUT2D eigenvalue weighted by atomic mass is 19.4. The number of hydrogen-bond donors (Lipinski definition) is 2. The average molecular weight is 261 g/mol. The molecule has 0 radical (unpaired) electrons. The van der Waals surface area contributed by atoms with Gasteiger partial charge < -0.3 is 11.1 Å². The van der Waals surface area contributed by atoms with Crippen LogP contribution >= 0.6 is 0 Å². The molecule has 6 heteroatoms. The topological polar surface area (TPSA) is 50.9 Å². The van der Waals surface area contributed by atoms with Crippen LogP contribution < -0.4 is 11.1 Å². The van der Waals surface area contributed by atoms with Gasteiger partial charge in [-0.15, -0.1) is 0 Å². The maximum atomic E-state index is 12.6. The number of hydrogen-bond acceptors (Lipinski definition) is 3. The third-order valence-corrected chi connectivity index (χ3v) is 2.65. The Morgan fingerprint density at radius 3 is 2.50 bits per heavy atom. The van der Waals surface area contributed by atoms with E-state index in [0.29, 0.717) is 0 Å². The molecule has 0 amide bonds. The van der Waals surface area contributed by atoms with E-state index in [-0.39, 0.29) is 17.7 Å². The summed E-state index contributed by atoms with van der Waals surface area (Å²) in [5, 5.41) is 2.99. The first-order valence-electron chi connectivity index (χ1n) is 5.98. The van der Waals surface area contributed by atoms with Crippen molar-refractivity contribution < 1.29 is 13.2 Å². The van der Waals surface area contributed by atoms with Crippen molar-refractivity contribution in [3.8, 4) is 0 Å². The zero-order valence-corrected chi connectivity index (χ0v) is 10.5. The van der Waals surface area contributed by atoms with Crippen LogP contribution in [0.3, 0.4) is 0 Å². The van der Waals surface area contributed by atoms with Crippen molar-refractivity contribution in [2.75, 3.05) is 11.1 Å². The zero-order chi connectivity index (χ0) is 13.8. The van der Waals surface area contributed by atoms with Crippen LogP contribution in [0.15, 0.2) is 12.1 Å². The fourth-order valence-corrected chi connectivity index (χ4v) is 1.73. The molecule has 1 aromatic rings. The summed E-state index contributed by atoms with van der Waals surface area (Å²) in [4.78, 5) is 3.88. The number of halogens is 3. The Kier molecular flexibility index (Phi) is 4.81. The highest BCUT2D eigenvalue weighted by Gasteiger charge is 2.31. The minimum absolute atomic E-state index is 0.116. The molecule has 0 spiro atoms. The van der Waals surface area contributed by atoms with Crippen LogP contribution in [-0.2, 0) is 6.18 Å². The largest absolute Gasteiger partial charge is 0.416 e. The standard InChI is InChI=1S/C12H18F3N3/c1-3-5-9(4-2)17-11-7-8(12(13,14)15)6-10(16)18-11/h6-7,9H,3-5H2,1-2H3,(H3,16,17,18). The lowest BCUT2D eigenvalue weighted by molar-refractivity contribution is -0.137. The Morgan fingerprint density at radius 2 is 2.00 bits per heavy atom. The van der Waals surface area contributed by atoms with E-state index in [4.69, 9.17) is 5.73 Å². The van der Waals surface area contributed by atoms with Gasteiger partial charge in [-0.2, -0.15) is 13.2 Å². The first-order chi connectivity index (χ1) is 8.36. The number of nitrogen functional groups attached to an aromatic ring is 1. The summed E-state index contributed by atoms with van der Waals surface area (Å²) in [6.07, 6.45) is -1.74. The van der Waals surface area contributed by atoms with Gasteiger partial charge in [0.15, 0.2) is 0 Å². The van der Waals surface area contributed by atoms with E-state index in [1.807, 2.05) is 13.8 Å². The third-order valence-electron chi connectivity index (χ3n) is 2.65. The van der Waals surface area contributed by atoms with E-state index < -0.39 is 11.7 Å². The molecule has 0 saturated carbocycles. The monoisotopic (exact) mass is 261 g/mol. The molecule has 18 heavy (non-hydrogen) atoms. The minimum atomic E-state index is -4.40. The molecule has 0 aliphatic carbocycles. The lowest BCUT2D eigenvalue weighted by Crippen LogP contribution is -2.20. The van der Waals surface area contributed by atoms with E-state index in [1.165, 1.54) is 0 Å². The molecule has 1 atom stereocenters. The molecule has 0 fully saturated rings. The Balaban J connectivity index is 2.92. The van der Waals surface area contributed by atoms with Crippen molar-refractivity contribution in [1.29, 1.82) is 0 Å². The number of nitrogens with one attached hydrogen (secondary N) is 1. The summed E-state index contributed by atoms with van der Waals surface area (Å²) in [7, 11) is 0. The smallest absolute Gasteiger partial charge is 0.384 e. The highest BCUT2D eigenvalue weighted by molar-refractivity contribution is 5.47. The summed E-state index contributed by atoms with van der Waals surface area (Å²) >= 11 is 0. The second kappa shape index (κ2) is 5.93.